The van der Waals surface area contributed by atoms with Crippen LogP contribution in [0.4, 0.5) is 0 Å². The lowest BCUT2D eigenvalue weighted by molar-refractivity contribution is -0.135. The summed E-state index contributed by atoms with van der Waals surface area (Å²) < 4.78 is 0. The summed E-state index contributed by atoms with van der Waals surface area (Å²) in [7, 11) is 0. The highest BCUT2D eigenvalue weighted by molar-refractivity contribution is 5.86. The lowest BCUT2D eigenvalue weighted by Gasteiger charge is -2.55. The van der Waals surface area contributed by atoms with E-state index in [-0.39, 0.29) is 23.0 Å². The van der Waals surface area contributed by atoms with Gasteiger partial charge in [0, 0.05) is 5.57 Å². The summed E-state index contributed by atoms with van der Waals surface area (Å²) in [5, 5.41) is 19.5. The Morgan fingerprint density at radius 3 is 2.50 bits per heavy atom. The molecule has 0 heterocycles. The van der Waals surface area contributed by atoms with Crippen LogP contribution >= 0.6 is 0 Å². The highest BCUT2D eigenvalue weighted by atomic mass is 16.4. The summed E-state index contributed by atoms with van der Waals surface area (Å²) in [6.45, 7) is 8.08. The number of carboxylic acid groups (broad SMARTS) is 1. The Balaban J connectivity index is 2.15. The molecule has 0 radical (unpaired) electrons. The number of hydrogen-bond acceptors (Lipinski definition) is 2. The molecular formula is C15H24O3. The van der Waals surface area contributed by atoms with Crippen LogP contribution < -0.4 is 0 Å². The summed E-state index contributed by atoms with van der Waals surface area (Å²) >= 11 is 0. The monoisotopic (exact) mass is 252 g/mol. The van der Waals surface area contributed by atoms with Crippen LogP contribution in [-0.2, 0) is 4.79 Å². The van der Waals surface area contributed by atoms with Gasteiger partial charge in [-0.15, -0.1) is 0 Å². The van der Waals surface area contributed by atoms with Gasteiger partial charge in [-0.05, 0) is 55.3 Å². The molecule has 2 saturated carbocycles. The molecule has 0 aliphatic heterocycles. The van der Waals surface area contributed by atoms with Gasteiger partial charge in [0.05, 0.1) is 6.10 Å². The molecule has 0 spiro atoms. The molecule has 0 aromatic rings. The van der Waals surface area contributed by atoms with Crippen molar-refractivity contribution in [2.24, 2.45) is 23.2 Å². The number of fused-ring (bicyclic) bond motifs is 1. The predicted molar refractivity (Wildman–Crippen MR) is 70.1 cm³/mol. The maximum Gasteiger partial charge on any atom is 0.331 e. The van der Waals surface area contributed by atoms with Gasteiger partial charge in [-0.2, -0.15) is 0 Å². The van der Waals surface area contributed by atoms with Crippen molar-refractivity contribution in [3.05, 3.63) is 12.2 Å². The molecule has 3 nitrogen and oxygen atoms in total. The van der Waals surface area contributed by atoms with Crippen molar-refractivity contribution in [1.82, 2.24) is 0 Å². The molecule has 18 heavy (non-hydrogen) atoms. The molecule has 2 rings (SSSR count). The van der Waals surface area contributed by atoms with Gasteiger partial charge in [0.15, 0.2) is 0 Å². The van der Waals surface area contributed by atoms with E-state index in [1.165, 1.54) is 6.42 Å². The van der Waals surface area contributed by atoms with Crippen LogP contribution in [0.3, 0.4) is 0 Å². The molecule has 2 N–H and O–H groups in total. The first-order valence-electron chi connectivity index (χ1n) is 6.96. The van der Waals surface area contributed by atoms with E-state index < -0.39 is 5.97 Å². The minimum absolute atomic E-state index is 0.00311. The van der Waals surface area contributed by atoms with Crippen LogP contribution in [0.1, 0.15) is 46.0 Å². The zero-order chi connectivity index (χ0) is 13.5. The number of aliphatic hydroxyl groups excluding tert-OH is 1. The van der Waals surface area contributed by atoms with Crippen molar-refractivity contribution in [2.45, 2.75) is 52.1 Å². The van der Waals surface area contributed by atoms with Crippen molar-refractivity contribution >= 4 is 5.97 Å². The molecule has 0 aromatic heterocycles. The zero-order valence-corrected chi connectivity index (χ0v) is 11.4. The van der Waals surface area contributed by atoms with E-state index in [1.807, 2.05) is 0 Å². The van der Waals surface area contributed by atoms with E-state index >= 15 is 0 Å². The van der Waals surface area contributed by atoms with E-state index in [4.69, 9.17) is 5.11 Å². The Morgan fingerprint density at radius 2 is 2.00 bits per heavy atom. The highest BCUT2D eigenvalue weighted by Gasteiger charge is 2.51. The molecular weight excluding hydrogens is 228 g/mol. The van der Waals surface area contributed by atoms with Gasteiger partial charge in [-0.25, -0.2) is 4.79 Å². The van der Waals surface area contributed by atoms with Gasteiger partial charge in [0.1, 0.15) is 0 Å². The number of aliphatic carboxylic acids is 1. The third kappa shape index (κ3) is 2.09. The predicted octanol–water partition coefficient (Wildman–Crippen LogP) is 2.84. The van der Waals surface area contributed by atoms with Gasteiger partial charge < -0.3 is 10.2 Å². The number of aliphatic hydroxyl groups is 1. The van der Waals surface area contributed by atoms with Gasteiger partial charge in [-0.3, -0.25) is 0 Å². The van der Waals surface area contributed by atoms with Crippen LogP contribution in [-0.4, -0.2) is 22.3 Å². The van der Waals surface area contributed by atoms with Crippen molar-refractivity contribution in [3.8, 4) is 0 Å². The topological polar surface area (TPSA) is 57.5 Å². The van der Waals surface area contributed by atoms with E-state index in [0.717, 1.165) is 19.3 Å². The second-order valence-electron chi connectivity index (χ2n) is 6.48. The highest BCUT2D eigenvalue weighted by Crippen LogP contribution is 2.56. The minimum Gasteiger partial charge on any atom is -0.478 e. The Morgan fingerprint density at radius 1 is 1.33 bits per heavy atom. The maximum absolute atomic E-state index is 11.0. The number of rotatable bonds is 2. The average molecular weight is 252 g/mol. The fourth-order valence-electron chi connectivity index (χ4n) is 3.93. The van der Waals surface area contributed by atoms with Crippen LogP contribution in [0, 0.1) is 23.2 Å². The number of carboxylic acids is 1. The summed E-state index contributed by atoms with van der Waals surface area (Å²) in [4.78, 5) is 11.0. The molecule has 2 aliphatic carbocycles. The van der Waals surface area contributed by atoms with E-state index in [1.54, 1.807) is 0 Å². The average Bonchev–Trinajstić information content (AvgIpc) is 2.29. The van der Waals surface area contributed by atoms with Crippen LogP contribution in [0.15, 0.2) is 12.2 Å². The lowest BCUT2D eigenvalue weighted by atomic mass is 9.51. The first kappa shape index (κ1) is 13.6. The number of carbonyl (C=O) groups is 1. The Labute approximate surface area is 109 Å². The largest absolute Gasteiger partial charge is 0.478 e. The van der Waals surface area contributed by atoms with Gasteiger partial charge in [0.25, 0.3) is 0 Å². The molecule has 0 amide bonds. The van der Waals surface area contributed by atoms with Crippen molar-refractivity contribution < 1.29 is 15.0 Å². The number of hydrogen-bond donors (Lipinski definition) is 2. The first-order valence-corrected chi connectivity index (χ1v) is 6.96. The summed E-state index contributed by atoms with van der Waals surface area (Å²) in [5.41, 5.74) is 0.263. The second kappa shape index (κ2) is 4.69. The SMILES string of the molecule is C=C(C(=O)O)C1CCC(C)C2CCC2(C)C(O)C1. The third-order valence-corrected chi connectivity index (χ3v) is 5.53. The van der Waals surface area contributed by atoms with Crippen molar-refractivity contribution in [3.63, 3.8) is 0 Å². The molecule has 2 fully saturated rings. The maximum atomic E-state index is 11.0. The van der Waals surface area contributed by atoms with E-state index in [2.05, 4.69) is 20.4 Å². The zero-order valence-electron chi connectivity index (χ0n) is 11.4. The van der Waals surface area contributed by atoms with E-state index in [0.29, 0.717) is 18.3 Å². The van der Waals surface area contributed by atoms with Gasteiger partial charge in [-0.1, -0.05) is 20.4 Å². The van der Waals surface area contributed by atoms with Crippen molar-refractivity contribution in [2.75, 3.05) is 0 Å². The summed E-state index contributed by atoms with van der Waals surface area (Å²) in [6.07, 6.45) is 4.33. The summed E-state index contributed by atoms with van der Waals surface area (Å²) in [5.74, 6) is 0.184. The van der Waals surface area contributed by atoms with Gasteiger partial charge >= 0.3 is 5.97 Å². The minimum atomic E-state index is -0.921. The second-order valence-corrected chi connectivity index (χ2v) is 6.48. The van der Waals surface area contributed by atoms with Crippen molar-refractivity contribution in [1.29, 1.82) is 0 Å². The normalized spacial score (nSPS) is 44.2. The van der Waals surface area contributed by atoms with E-state index in [9.17, 15) is 9.90 Å². The molecule has 0 saturated heterocycles. The Hall–Kier alpha value is -0.830. The molecule has 2 aliphatic rings. The van der Waals surface area contributed by atoms with Crippen LogP contribution in [0.2, 0.25) is 0 Å². The smallest absolute Gasteiger partial charge is 0.331 e. The summed E-state index contributed by atoms with van der Waals surface area (Å²) in [6, 6.07) is 0. The van der Waals surface area contributed by atoms with Gasteiger partial charge in [0.2, 0.25) is 0 Å². The molecule has 5 atom stereocenters. The quantitative estimate of drug-likeness (QED) is 0.743. The Bertz CT molecular complexity index is 363. The van der Waals surface area contributed by atoms with Crippen LogP contribution in [0.5, 0.6) is 0 Å². The standard InChI is InChI=1S/C15H24O3/c1-9-4-5-11(10(2)14(17)18)8-13(16)15(3)7-6-12(9)15/h9,11-13,16H,2,4-8H2,1,3H3,(H,17,18). The molecule has 0 aromatic carbocycles. The van der Waals surface area contributed by atoms with Crippen LogP contribution in [0.25, 0.3) is 0 Å². The fourth-order valence-corrected chi connectivity index (χ4v) is 3.93. The molecule has 3 heteroatoms. The molecule has 0 bridgehead atoms. The fraction of sp³-hybridized carbons (Fsp3) is 0.800. The Kier molecular flexibility index (Phi) is 3.54. The lowest BCUT2D eigenvalue weighted by Crippen LogP contribution is -2.51. The third-order valence-electron chi connectivity index (χ3n) is 5.53. The molecule has 102 valence electrons. The first-order chi connectivity index (χ1) is 8.36. The molecule has 5 unspecified atom stereocenters.